The Morgan fingerprint density at radius 2 is 2.12 bits per heavy atom. The number of nitrogens with zero attached hydrogens (tertiary/aromatic N) is 3. The maximum Gasteiger partial charge on any atom is 0.522 e. The van der Waals surface area contributed by atoms with Crippen molar-refractivity contribution in [2.24, 2.45) is 5.92 Å². The number of alkyl carbamates (subject to hydrolysis) is 1. The molecular formula is C20H23F3N6O5. The van der Waals surface area contributed by atoms with Crippen LogP contribution in [0.25, 0.3) is 0 Å². The summed E-state index contributed by atoms with van der Waals surface area (Å²) in [5.74, 6) is 0.403. The van der Waals surface area contributed by atoms with E-state index in [1.54, 1.807) is 6.07 Å². The highest BCUT2D eigenvalue weighted by Gasteiger charge is 2.57. The Balaban J connectivity index is 1.08. The number of anilines is 1. The van der Waals surface area contributed by atoms with Gasteiger partial charge in [0, 0.05) is 30.8 Å². The molecule has 2 aromatic rings. The Labute approximate surface area is 191 Å². The fraction of sp³-hybridized carbons (Fsp3) is 0.600. The van der Waals surface area contributed by atoms with Gasteiger partial charge in [-0.25, -0.2) is 9.78 Å². The molecule has 4 fully saturated rings. The van der Waals surface area contributed by atoms with Crippen molar-refractivity contribution < 1.29 is 37.0 Å². The first-order valence-electron chi connectivity index (χ1n) is 10.9. The molecule has 14 heteroatoms. The number of H-pyrrole nitrogens is 1. The minimum absolute atomic E-state index is 0.0110. The SMILES string of the molecule is O=C(NC12CC(C1)C2)O[C@H]1CO[C@@H](c2cc(NC(=O)c3cn(CCOC(F)(F)F)cn3)n[nH]2)C1. The van der Waals surface area contributed by atoms with Crippen LogP contribution in [0.2, 0.25) is 0 Å². The average Bonchev–Trinajstić information content (AvgIpc) is 3.43. The van der Waals surface area contributed by atoms with Crippen LogP contribution >= 0.6 is 0 Å². The Morgan fingerprint density at radius 3 is 2.82 bits per heavy atom. The van der Waals surface area contributed by atoms with Crippen molar-refractivity contribution in [2.75, 3.05) is 18.5 Å². The predicted molar refractivity (Wildman–Crippen MR) is 108 cm³/mol. The highest BCUT2D eigenvalue weighted by Crippen LogP contribution is 2.56. The fourth-order valence-electron chi connectivity index (χ4n) is 4.54. The van der Waals surface area contributed by atoms with Crippen LogP contribution in [0.5, 0.6) is 0 Å². The summed E-state index contributed by atoms with van der Waals surface area (Å²) in [6.45, 7) is -0.462. The molecule has 2 aromatic heterocycles. The van der Waals surface area contributed by atoms with Crippen LogP contribution in [0.3, 0.4) is 0 Å². The lowest BCUT2D eigenvalue weighted by Gasteiger charge is -2.61. The van der Waals surface area contributed by atoms with Crippen LogP contribution in [0.15, 0.2) is 18.6 Å². The van der Waals surface area contributed by atoms with Crippen molar-refractivity contribution in [3.05, 3.63) is 30.0 Å². The van der Waals surface area contributed by atoms with Gasteiger partial charge in [0.05, 0.1) is 25.2 Å². The van der Waals surface area contributed by atoms with Crippen LogP contribution < -0.4 is 10.6 Å². The summed E-state index contributed by atoms with van der Waals surface area (Å²) in [5.41, 5.74) is 0.567. The van der Waals surface area contributed by atoms with E-state index in [2.05, 4.69) is 30.6 Å². The number of rotatable bonds is 8. The van der Waals surface area contributed by atoms with Crippen molar-refractivity contribution in [3.8, 4) is 0 Å². The van der Waals surface area contributed by atoms with Gasteiger partial charge in [-0.05, 0) is 25.2 Å². The number of halogens is 3. The van der Waals surface area contributed by atoms with Gasteiger partial charge in [-0.2, -0.15) is 5.10 Å². The van der Waals surface area contributed by atoms with Gasteiger partial charge in [-0.15, -0.1) is 13.2 Å². The van der Waals surface area contributed by atoms with E-state index in [0.717, 1.165) is 25.2 Å². The second kappa shape index (κ2) is 8.58. The third-order valence-electron chi connectivity index (χ3n) is 6.31. The Morgan fingerprint density at radius 1 is 1.32 bits per heavy atom. The van der Waals surface area contributed by atoms with E-state index in [9.17, 15) is 22.8 Å². The number of hydrogen-bond donors (Lipinski definition) is 3. The molecule has 3 aliphatic carbocycles. The summed E-state index contributed by atoms with van der Waals surface area (Å²) in [5, 5.41) is 12.3. The first-order valence-corrected chi connectivity index (χ1v) is 10.9. The number of amides is 2. The maximum atomic E-state index is 12.4. The van der Waals surface area contributed by atoms with Crippen LogP contribution in [0.4, 0.5) is 23.8 Å². The van der Waals surface area contributed by atoms with Gasteiger partial charge < -0.3 is 24.7 Å². The molecule has 0 spiro atoms. The quantitative estimate of drug-likeness (QED) is 0.525. The van der Waals surface area contributed by atoms with Crippen LogP contribution in [-0.2, 0) is 20.8 Å². The van der Waals surface area contributed by atoms with Crippen molar-refractivity contribution in [1.82, 2.24) is 25.1 Å². The minimum atomic E-state index is -4.71. The molecule has 1 saturated heterocycles. The van der Waals surface area contributed by atoms with Crippen LogP contribution in [0, 0.1) is 5.92 Å². The second-order valence-corrected chi connectivity index (χ2v) is 8.92. The molecule has 2 atom stereocenters. The van der Waals surface area contributed by atoms with E-state index < -0.39 is 25.0 Å². The number of carbonyl (C=O) groups is 2. The Bertz CT molecular complexity index is 1050. The number of carbonyl (C=O) groups excluding carboxylic acids is 2. The molecule has 4 aliphatic rings. The predicted octanol–water partition coefficient (Wildman–Crippen LogP) is 2.50. The van der Waals surface area contributed by atoms with Crippen molar-refractivity contribution in [3.63, 3.8) is 0 Å². The Kier molecular flexibility index (Phi) is 5.72. The number of alkyl halides is 3. The third kappa shape index (κ3) is 5.01. The maximum absolute atomic E-state index is 12.4. The third-order valence-corrected chi connectivity index (χ3v) is 6.31. The number of ether oxygens (including phenoxy) is 3. The largest absolute Gasteiger partial charge is 0.522 e. The van der Waals surface area contributed by atoms with E-state index in [1.807, 2.05) is 0 Å². The molecule has 1 aliphatic heterocycles. The zero-order chi connectivity index (χ0) is 23.9. The molecule has 3 N–H and O–H groups in total. The molecule has 11 nitrogen and oxygen atoms in total. The summed E-state index contributed by atoms with van der Waals surface area (Å²) >= 11 is 0. The normalized spacial score (nSPS) is 27.6. The van der Waals surface area contributed by atoms with Crippen molar-refractivity contribution in [1.29, 1.82) is 0 Å². The highest BCUT2D eigenvalue weighted by atomic mass is 19.4. The van der Waals surface area contributed by atoms with Crippen molar-refractivity contribution in [2.45, 2.75) is 56.3 Å². The van der Waals surface area contributed by atoms with Crippen LogP contribution in [-0.4, -0.2) is 63.0 Å². The van der Waals surface area contributed by atoms with E-state index in [1.165, 1.54) is 17.1 Å². The summed E-state index contributed by atoms with van der Waals surface area (Å²) in [6.07, 6.45) is 0.184. The molecule has 0 unspecified atom stereocenters. The van der Waals surface area contributed by atoms with Gasteiger partial charge in [-0.1, -0.05) is 0 Å². The second-order valence-electron chi connectivity index (χ2n) is 8.92. The summed E-state index contributed by atoms with van der Waals surface area (Å²) < 4.78 is 52.3. The molecule has 6 rings (SSSR count). The lowest BCUT2D eigenvalue weighted by atomic mass is 9.50. The summed E-state index contributed by atoms with van der Waals surface area (Å²) in [7, 11) is 0. The first-order chi connectivity index (χ1) is 16.2. The smallest absolute Gasteiger partial charge is 0.444 e. The number of aromatic amines is 1. The molecule has 2 amide bonds. The standard InChI is InChI=1S/C20H23F3N6O5/c21-20(22,23)33-2-1-29-8-14(24-10-29)17(30)25-16-4-13(27-28-16)15-3-12(9-32-15)34-18(31)26-19-5-11(6-19)7-19/h4,8,10-12,15H,1-3,5-7,9H2,(H,26,31)(H2,25,27,28,30)/t11?,12-,15-,19?/m1/s1. The fourth-order valence-corrected chi connectivity index (χ4v) is 4.54. The number of nitrogens with one attached hydrogen (secondary N) is 3. The monoisotopic (exact) mass is 484 g/mol. The van der Waals surface area contributed by atoms with Gasteiger partial charge in [0.25, 0.3) is 5.91 Å². The number of imidazole rings is 1. The first kappa shape index (κ1) is 22.7. The Hall–Kier alpha value is -3.13. The van der Waals surface area contributed by atoms with E-state index in [-0.39, 0.29) is 42.4 Å². The molecular weight excluding hydrogens is 461 g/mol. The number of aromatic nitrogens is 4. The topological polar surface area (TPSA) is 132 Å². The van der Waals surface area contributed by atoms with Crippen LogP contribution in [0.1, 0.15) is 48.0 Å². The number of hydrogen-bond acceptors (Lipinski definition) is 7. The van der Waals surface area contributed by atoms with Gasteiger partial charge in [0.1, 0.15) is 17.9 Å². The zero-order valence-electron chi connectivity index (χ0n) is 17.9. The molecule has 184 valence electrons. The van der Waals surface area contributed by atoms with Gasteiger partial charge in [0.15, 0.2) is 5.82 Å². The van der Waals surface area contributed by atoms with E-state index in [4.69, 9.17) is 9.47 Å². The molecule has 0 aromatic carbocycles. The molecule has 0 radical (unpaired) electrons. The lowest BCUT2D eigenvalue weighted by Crippen LogP contribution is -2.68. The molecule has 2 bridgehead atoms. The average molecular weight is 484 g/mol. The minimum Gasteiger partial charge on any atom is -0.444 e. The summed E-state index contributed by atoms with van der Waals surface area (Å²) in [6, 6.07) is 1.60. The molecule has 3 saturated carbocycles. The van der Waals surface area contributed by atoms with Gasteiger partial charge >= 0.3 is 12.5 Å². The molecule has 3 heterocycles. The summed E-state index contributed by atoms with van der Waals surface area (Å²) in [4.78, 5) is 28.4. The van der Waals surface area contributed by atoms with Gasteiger partial charge in [0.2, 0.25) is 0 Å². The molecule has 34 heavy (non-hydrogen) atoms. The van der Waals surface area contributed by atoms with E-state index in [0.29, 0.717) is 12.1 Å². The van der Waals surface area contributed by atoms with Gasteiger partial charge in [-0.3, -0.25) is 14.6 Å². The van der Waals surface area contributed by atoms with E-state index >= 15 is 0 Å². The zero-order valence-corrected chi connectivity index (χ0v) is 17.9. The van der Waals surface area contributed by atoms with Crippen molar-refractivity contribution >= 4 is 17.8 Å². The lowest BCUT2D eigenvalue weighted by molar-refractivity contribution is -0.325. The highest BCUT2D eigenvalue weighted by molar-refractivity contribution is 6.02.